The Morgan fingerprint density at radius 2 is 1.53 bits per heavy atom. The number of halogens is 3. The maximum atomic E-state index is 13.0. The molecule has 0 fully saturated rings. The zero-order valence-electron chi connectivity index (χ0n) is 15.3. The Hall–Kier alpha value is -2.87. The first-order valence-corrected chi connectivity index (χ1v) is 10.5. The molecule has 0 amide bonds. The van der Waals surface area contributed by atoms with Gasteiger partial charge in [0, 0.05) is 33.7 Å². The van der Waals surface area contributed by atoms with E-state index in [1.54, 1.807) is 30.5 Å². The Kier molecular flexibility index (Phi) is 6.45. The van der Waals surface area contributed by atoms with E-state index in [1.807, 2.05) is 12.1 Å². The molecule has 1 aromatic heterocycles. The summed E-state index contributed by atoms with van der Waals surface area (Å²) >= 11 is 6.02. The van der Waals surface area contributed by atoms with Crippen molar-refractivity contribution in [2.45, 2.75) is 4.90 Å². The van der Waals surface area contributed by atoms with E-state index in [9.17, 15) is 12.8 Å². The average molecular weight is 464 g/mol. The monoisotopic (exact) mass is 463 g/mol. The number of fused-ring (bicyclic) bond motifs is 1. The summed E-state index contributed by atoms with van der Waals surface area (Å²) in [7, 11) is -3.78. The van der Waals surface area contributed by atoms with Crippen molar-refractivity contribution < 1.29 is 12.8 Å². The standard InChI is InChI=1S/C21H15ClFN3O2S.ClH/c22-14-1-10-19-20(11-12-24-21(19)13-14)25-16-6-8-18(9-7-16)29(27,28)26-17-4-2-15(23)3-5-17;/h1-13,26H,(H,24,25);1H. The Morgan fingerprint density at radius 1 is 0.867 bits per heavy atom. The van der Waals surface area contributed by atoms with Crippen LogP contribution in [0.4, 0.5) is 21.5 Å². The smallest absolute Gasteiger partial charge is 0.261 e. The summed E-state index contributed by atoms with van der Waals surface area (Å²) in [6, 6.07) is 18.7. The first-order valence-electron chi connectivity index (χ1n) is 8.60. The van der Waals surface area contributed by atoms with Crippen LogP contribution in [0.15, 0.2) is 83.9 Å². The quantitative estimate of drug-likeness (QED) is 0.381. The van der Waals surface area contributed by atoms with Gasteiger partial charge in [-0.25, -0.2) is 12.8 Å². The molecule has 0 aliphatic carbocycles. The zero-order chi connectivity index (χ0) is 20.4. The Labute approximate surface area is 184 Å². The second-order valence-electron chi connectivity index (χ2n) is 6.28. The number of nitrogens with one attached hydrogen (secondary N) is 2. The van der Waals surface area contributed by atoms with E-state index >= 15 is 0 Å². The van der Waals surface area contributed by atoms with Crippen LogP contribution in [0.3, 0.4) is 0 Å². The molecule has 9 heteroatoms. The van der Waals surface area contributed by atoms with Crippen LogP contribution in [0.25, 0.3) is 10.9 Å². The highest BCUT2D eigenvalue weighted by molar-refractivity contribution is 7.92. The van der Waals surface area contributed by atoms with Crippen LogP contribution >= 0.6 is 24.0 Å². The second kappa shape index (κ2) is 8.87. The normalized spacial score (nSPS) is 11.0. The van der Waals surface area contributed by atoms with Crippen LogP contribution in [0.1, 0.15) is 0 Å². The van der Waals surface area contributed by atoms with Gasteiger partial charge in [-0.1, -0.05) is 11.6 Å². The number of pyridine rings is 1. The number of rotatable bonds is 5. The molecule has 0 bridgehead atoms. The molecule has 0 atom stereocenters. The van der Waals surface area contributed by atoms with Gasteiger partial charge in [0.1, 0.15) is 5.82 Å². The summed E-state index contributed by atoms with van der Waals surface area (Å²) in [5.74, 6) is -0.436. The molecule has 4 aromatic rings. The van der Waals surface area contributed by atoms with Crippen molar-refractivity contribution in [2.75, 3.05) is 10.0 Å². The van der Waals surface area contributed by atoms with E-state index in [0.717, 1.165) is 16.6 Å². The van der Waals surface area contributed by atoms with Crippen molar-refractivity contribution in [3.05, 3.63) is 89.8 Å². The fraction of sp³-hybridized carbons (Fsp3) is 0. The summed E-state index contributed by atoms with van der Waals surface area (Å²) in [4.78, 5) is 4.40. The molecule has 4 rings (SSSR count). The number of nitrogens with zero attached hydrogens (tertiary/aromatic N) is 1. The third-order valence-electron chi connectivity index (χ3n) is 4.24. The van der Waals surface area contributed by atoms with Crippen LogP contribution in [0.2, 0.25) is 5.02 Å². The van der Waals surface area contributed by atoms with E-state index in [2.05, 4.69) is 15.0 Å². The SMILES string of the molecule is Cl.O=S(=O)(Nc1ccc(F)cc1)c1ccc(Nc2ccnc3cc(Cl)ccc23)cc1. The molecule has 0 aliphatic heterocycles. The second-order valence-corrected chi connectivity index (χ2v) is 8.40. The lowest BCUT2D eigenvalue weighted by Gasteiger charge is -2.11. The van der Waals surface area contributed by atoms with Crippen molar-refractivity contribution in [2.24, 2.45) is 0 Å². The highest BCUT2D eigenvalue weighted by Crippen LogP contribution is 2.28. The number of benzene rings is 3. The first kappa shape index (κ1) is 21.8. The van der Waals surface area contributed by atoms with E-state index in [-0.39, 0.29) is 23.0 Å². The third kappa shape index (κ3) is 4.81. The molecular formula is C21H16Cl2FN3O2S. The van der Waals surface area contributed by atoms with Crippen LogP contribution in [-0.4, -0.2) is 13.4 Å². The van der Waals surface area contributed by atoms with Gasteiger partial charge in [0.15, 0.2) is 0 Å². The summed E-state index contributed by atoms with van der Waals surface area (Å²) in [5, 5.41) is 4.76. The molecule has 0 radical (unpaired) electrons. The fourth-order valence-electron chi connectivity index (χ4n) is 2.84. The van der Waals surface area contributed by atoms with E-state index in [1.165, 1.54) is 36.4 Å². The summed E-state index contributed by atoms with van der Waals surface area (Å²) in [6.45, 7) is 0. The van der Waals surface area contributed by atoms with E-state index in [0.29, 0.717) is 10.7 Å². The summed E-state index contributed by atoms with van der Waals surface area (Å²) in [6.07, 6.45) is 1.67. The van der Waals surface area contributed by atoms with Crippen LogP contribution < -0.4 is 10.0 Å². The number of sulfonamides is 1. The van der Waals surface area contributed by atoms with E-state index < -0.39 is 15.8 Å². The van der Waals surface area contributed by atoms with Gasteiger partial charge in [-0.05, 0) is 72.8 Å². The van der Waals surface area contributed by atoms with Crippen LogP contribution in [0.5, 0.6) is 0 Å². The molecule has 1 heterocycles. The van der Waals surface area contributed by atoms with Crippen molar-refractivity contribution in [3.8, 4) is 0 Å². The van der Waals surface area contributed by atoms with Gasteiger partial charge >= 0.3 is 0 Å². The predicted octanol–water partition coefficient (Wildman–Crippen LogP) is 5.99. The summed E-state index contributed by atoms with van der Waals surface area (Å²) in [5.41, 5.74) is 2.58. The molecule has 2 N–H and O–H groups in total. The number of hydrogen-bond donors (Lipinski definition) is 2. The molecule has 0 saturated carbocycles. The minimum absolute atomic E-state index is 0. The van der Waals surface area contributed by atoms with Gasteiger partial charge < -0.3 is 5.32 Å². The molecule has 30 heavy (non-hydrogen) atoms. The topological polar surface area (TPSA) is 71.1 Å². The molecule has 0 spiro atoms. The van der Waals surface area contributed by atoms with Crippen molar-refractivity contribution in [3.63, 3.8) is 0 Å². The van der Waals surface area contributed by atoms with Gasteiger partial charge in [-0.15, -0.1) is 12.4 Å². The largest absolute Gasteiger partial charge is 0.355 e. The van der Waals surface area contributed by atoms with E-state index in [4.69, 9.17) is 11.6 Å². The van der Waals surface area contributed by atoms with Crippen LogP contribution in [0, 0.1) is 5.82 Å². The summed E-state index contributed by atoms with van der Waals surface area (Å²) < 4.78 is 40.4. The lowest BCUT2D eigenvalue weighted by atomic mass is 10.2. The molecule has 0 aliphatic rings. The van der Waals surface area contributed by atoms with Crippen molar-refractivity contribution >= 4 is 62.0 Å². The average Bonchev–Trinajstić information content (AvgIpc) is 2.70. The van der Waals surface area contributed by atoms with Crippen molar-refractivity contribution in [1.29, 1.82) is 0 Å². The fourth-order valence-corrected chi connectivity index (χ4v) is 4.06. The maximum absolute atomic E-state index is 13.0. The van der Waals surface area contributed by atoms with Gasteiger partial charge in [-0.2, -0.15) is 0 Å². The van der Waals surface area contributed by atoms with Crippen LogP contribution in [-0.2, 0) is 10.0 Å². The van der Waals surface area contributed by atoms with Gasteiger partial charge in [0.05, 0.1) is 10.4 Å². The molecular weight excluding hydrogens is 448 g/mol. The Morgan fingerprint density at radius 3 is 2.23 bits per heavy atom. The Bertz CT molecular complexity index is 1280. The molecule has 0 saturated heterocycles. The predicted molar refractivity (Wildman–Crippen MR) is 121 cm³/mol. The number of aromatic nitrogens is 1. The maximum Gasteiger partial charge on any atom is 0.261 e. The molecule has 154 valence electrons. The first-order chi connectivity index (χ1) is 13.9. The molecule has 0 unspecified atom stereocenters. The number of hydrogen-bond acceptors (Lipinski definition) is 4. The molecule has 3 aromatic carbocycles. The lowest BCUT2D eigenvalue weighted by molar-refractivity contribution is 0.601. The Balaban J connectivity index is 0.00000256. The van der Waals surface area contributed by atoms with Gasteiger partial charge in [0.2, 0.25) is 0 Å². The molecule has 5 nitrogen and oxygen atoms in total. The van der Waals surface area contributed by atoms with Gasteiger partial charge in [0.25, 0.3) is 10.0 Å². The minimum atomic E-state index is -3.78. The minimum Gasteiger partial charge on any atom is -0.355 e. The lowest BCUT2D eigenvalue weighted by Crippen LogP contribution is -2.12. The highest BCUT2D eigenvalue weighted by atomic mass is 35.5. The highest BCUT2D eigenvalue weighted by Gasteiger charge is 2.14. The van der Waals surface area contributed by atoms with Crippen molar-refractivity contribution in [1.82, 2.24) is 4.98 Å². The van der Waals surface area contributed by atoms with Gasteiger partial charge in [-0.3, -0.25) is 9.71 Å². The number of anilines is 3. The zero-order valence-corrected chi connectivity index (χ0v) is 17.7. The third-order valence-corrected chi connectivity index (χ3v) is 5.88.